The van der Waals surface area contributed by atoms with Crippen molar-refractivity contribution >= 4 is 5.97 Å². The molecule has 1 N–H and O–H groups in total. The second kappa shape index (κ2) is 8.62. The molecule has 1 spiro atoms. The quantitative estimate of drug-likeness (QED) is 0.530. The van der Waals surface area contributed by atoms with Crippen LogP contribution in [0.5, 0.6) is 0 Å². The van der Waals surface area contributed by atoms with Gasteiger partial charge in [-0.05, 0) is 11.1 Å². The van der Waals surface area contributed by atoms with Gasteiger partial charge in [-0.15, -0.1) is 0 Å². The van der Waals surface area contributed by atoms with Crippen LogP contribution in [0.2, 0.25) is 0 Å². The first-order valence-electron chi connectivity index (χ1n) is 9.60. The predicted molar refractivity (Wildman–Crippen MR) is 101 cm³/mol. The van der Waals surface area contributed by atoms with Gasteiger partial charge in [0.1, 0.15) is 19.6 Å². The lowest BCUT2D eigenvalue weighted by Gasteiger charge is -2.37. The molecule has 1 atom stereocenters. The SMILES string of the molecule is O=C(OC1CC[N+]2(CCOCC2)C1)C(O)(c1ccccc1)c1ccccc1.[Cl-]. The molecule has 0 aliphatic carbocycles. The highest BCUT2D eigenvalue weighted by Gasteiger charge is 2.46. The smallest absolute Gasteiger partial charge is 0.348 e. The second-order valence-electron chi connectivity index (χ2n) is 7.57. The molecule has 4 rings (SSSR count). The summed E-state index contributed by atoms with van der Waals surface area (Å²) in [6, 6.07) is 18.1. The van der Waals surface area contributed by atoms with Crippen molar-refractivity contribution in [2.45, 2.75) is 18.1 Å². The van der Waals surface area contributed by atoms with E-state index in [1.165, 1.54) is 0 Å². The lowest BCUT2D eigenvalue weighted by atomic mass is 9.86. The Labute approximate surface area is 171 Å². The van der Waals surface area contributed by atoms with Crippen LogP contribution in [0.1, 0.15) is 17.5 Å². The maximum absolute atomic E-state index is 13.2. The third-order valence-electron chi connectivity index (χ3n) is 5.89. The molecule has 2 saturated heterocycles. The molecule has 1 unspecified atom stereocenters. The average Bonchev–Trinajstić information content (AvgIpc) is 3.10. The lowest BCUT2D eigenvalue weighted by Crippen LogP contribution is -3.00. The minimum Gasteiger partial charge on any atom is -1.00 e. The van der Waals surface area contributed by atoms with Gasteiger partial charge in [0.2, 0.25) is 5.60 Å². The molecule has 2 aliphatic rings. The molecule has 0 bridgehead atoms. The average molecular weight is 404 g/mol. The zero-order valence-corrected chi connectivity index (χ0v) is 16.6. The summed E-state index contributed by atoms with van der Waals surface area (Å²) in [5.74, 6) is -0.599. The van der Waals surface area contributed by atoms with E-state index in [9.17, 15) is 9.90 Å². The van der Waals surface area contributed by atoms with Gasteiger partial charge in [0, 0.05) is 6.42 Å². The summed E-state index contributed by atoms with van der Waals surface area (Å²) in [6.45, 7) is 5.26. The van der Waals surface area contributed by atoms with Crippen molar-refractivity contribution in [3.63, 3.8) is 0 Å². The molecule has 2 heterocycles. The molecule has 2 fully saturated rings. The number of carbonyl (C=O) groups is 1. The molecule has 0 amide bonds. The van der Waals surface area contributed by atoms with Crippen LogP contribution in [0.15, 0.2) is 60.7 Å². The molecule has 0 saturated carbocycles. The van der Waals surface area contributed by atoms with Gasteiger partial charge in [0.25, 0.3) is 0 Å². The molecule has 2 aliphatic heterocycles. The molecule has 28 heavy (non-hydrogen) atoms. The van der Waals surface area contributed by atoms with Crippen LogP contribution in [0.25, 0.3) is 0 Å². The van der Waals surface area contributed by atoms with E-state index in [4.69, 9.17) is 9.47 Å². The highest BCUT2D eigenvalue weighted by Crippen LogP contribution is 2.33. The number of morpholine rings is 1. The third-order valence-corrected chi connectivity index (χ3v) is 5.89. The number of aliphatic hydroxyl groups is 1. The maximum atomic E-state index is 13.2. The number of nitrogens with zero attached hydrogens (tertiary/aromatic N) is 1. The number of hydrogen-bond acceptors (Lipinski definition) is 4. The molecule has 0 radical (unpaired) electrons. The summed E-state index contributed by atoms with van der Waals surface area (Å²) in [4.78, 5) is 13.2. The van der Waals surface area contributed by atoms with Gasteiger partial charge in [-0.25, -0.2) is 4.79 Å². The Kier molecular flexibility index (Phi) is 6.40. The number of ether oxygens (including phenoxy) is 2. The molecule has 6 heteroatoms. The number of carbonyl (C=O) groups excluding carboxylic acids is 1. The fraction of sp³-hybridized carbons (Fsp3) is 0.409. The Balaban J connectivity index is 0.00000225. The van der Waals surface area contributed by atoms with Gasteiger partial charge < -0.3 is 31.5 Å². The summed E-state index contributed by atoms with van der Waals surface area (Å²) in [5.41, 5.74) is -0.759. The van der Waals surface area contributed by atoms with E-state index in [2.05, 4.69) is 0 Å². The molecule has 150 valence electrons. The van der Waals surface area contributed by atoms with Gasteiger partial charge in [0.05, 0.1) is 19.8 Å². The van der Waals surface area contributed by atoms with E-state index in [0.717, 1.165) is 50.3 Å². The summed E-state index contributed by atoms with van der Waals surface area (Å²) in [6.07, 6.45) is 0.653. The van der Waals surface area contributed by atoms with Gasteiger partial charge in [-0.3, -0.25) is 0 Å². The maximum Gasteiger partial charge on any atom is 0.348 e. The van der Waals surface area contributed by atoms with Crippen LogP contribution in [0, 0.1) is 0 Å². The van der Waals surface area contributed by atoms with Crippen molar-refractivity contribution in [2.75, 3.05) is 39.4 Å². The first-order chi connectivity index (χ1) is 13.1. The Hall–Kier alpha value is -1.92. The van der Waals surface area contributed by atoms with E-state index in [1.807, 2.05) is 36.4 Å². The topological polar surface area (TPSA) is 55.8 Å². The van der Waals surface area contributed by atoms with Crippen molar-refractivity contribution in [3.05, 3.63) is 71.8 Å². The second-order valence-corrected chi connectivity index (χ2v) is 7.57. The van der Waals surface area contributed by atoms with Crippen molar-refractivity contribution in [2.24, 2.45) is 0 Å². The highest BCUT2D eigenvalue weighted by atomic mass is 35.5. The summed E-state index contributed by atoms with van der Waals surface area (Å²) >= 11 is 0. The lowest BCUT2D eigenvalue weighted by molar-refractivity contribution is -0.925. The van der Waals surface area contributed by atoms with Crippen molar-refractivity contribution in [1.29, 1.82) is 0 Å². The minimum atomic E-state index is -1.80. The number of rotatable bonds is 4. The summed E-state index contributed by atoms with van der Waals surface area (Å²) in [7, 11) is 0. The van der Waals surface area contributed by atoms with Crippen LogP contribution < -0.4 is 12.4 Å². The van der Waals surface area contributed by atoms with Gasteiger partial charge in [0.15, 0.2) is 6.10 Å². The minimum absolute atomic E-state index is 0. The third kappa shape index (κ3) is 3.94. The van der Waals surface area contributed by atoms with Crippen LogP contribution in [-0.2, 0) is 19.9 Å². The van der Waals surface area contributed by atoms with Gasteiger partial charge in [-0.1, -0.05) is 60.7 Å². The normalized spacial score (nSPS) is 21.1. The first-order valence-corrected chi connectivity index (χ1v) is 9.60. The van der Waals surface area contributed by atoms with Crippen LogP contribution >= 0.6 is 0 Å². The number of esters is 1. The predicted octanol–water partition coefficient (Wildman–Crippen LogP) is -0.911. The zero-order chi connectivity index (χ0) is 18.7. The van der Waals surface area contributed by atoms with E-state index in [-0.39, 0.29) is 18.5 Å². The fourth-order valence-electron chi connectivity index (χ4n) is 4.26. The molecule has 2 aromatic rings. The Morgan fingerprint density at radius 3 is 2.04 bits per heavy atom. The Bertz CT molecular complexity index is 738. The van der Waals surface area contributed by atoms with Crippen molar-refractivity contribution < 1.29 is 36.3 Å². The monoisotopic (exact) mass is 403 g/mol. The van der Waals surface area contributed by atoms with Crippen LogP contribution in [-0.4, -0.2) is 61.1 Å². The van der Waals surface area contributed by atoms with E-state index < -0.39 is 11.6 Å². The number of halogens is 1. The van der Waals surface area contributed by atoms with Crippen LogP contribution in [0.3, 0.4) is 0 Å². The van der Waals surface area contributed by atoms with E-state index >= 15 is 0 Å². The summed E-state index contributed by atoms with van der Waals surface area (Å²) in [5, 5.41) is 11.5. The summed E-state index contributed by atoms with van der Waals surface area (Å²) < 4.78 is 12.3. The van der Waals surface area contributed by atoms with E-state index in [1.54, 1.807) is 24.3 Å². The molecule has 0 aromatic heterocycles. The van der Waals surface area contributed by atoms with Crippen molar-refractivity contribution in [3.8, 4) is 0 Å². The molecular formula is C22H26ClNO4. The zero-order valence-electron chi connectivity index (χ0n) is 15.8. The van der Waals surface area contributed by atoms with Crippen LogP contribution in [0.4, 0.5) is 0 Å². The Morgan fingerprint density at radius 1 is 0.964 bits per heavy atom. The molecule has 2 aromatic carbocycles. The highest BCUT2D eigenvalue weighted by molar-refractivity contribution is 5.85. The first kappa shape index (κ1) is 20.8. The fourth-order valence-corrected chi connectivity index (χ4v) is 4.26. The Morgan fingerprint density at radius 2 is 1.50 bits per heavy atom. The number of benzene rings is 2. The largest absolute Gasteiger partial charge is 1.00 e. The van der Waals surface area contributed by atoms with Gasteiger partial charge >= 0.3 is 5.97 Å². The number of hydrogen-bond donors (Lipinski definition) is 1. The number of quaternary nitrogens is 1. The molecular weight excluding hydrogens is 378 g/mol. The van der Waals surface area contributed by atoms with Gasteiger partial charge in [-0.2, -0.15) is 0 Å². The van der Waals surface area contributed by atoms with E-state index in [0.29, 0.717) is 11.1 Å². The molecule has 5 nitrogen and oxygen atoms in total. The van der Waals surface area contributed by atoms with Crippen molar-refractivity contribution in [1.82, 2.24) is 0 Å². The standard InChI is InChI=1S/C22H26NO4.ClH/c24-21(27-20-11-12-23(17-20)13-15-26-16-14-23)22(25,18-7-3-1-4-8-18)19-9-5-2-6-10-19;/h1-10,20,25H,11-17H2;1H/q+1;/p-1.